The number of hydrogen-bond donors (Lipinski definition) is 1. The summed E-state index contributed by atoms with van der Waals surface area (Å²) in [5.41, 5.74) is 1.40. The number of hydrogen-bond acceptors (Lipinski definition) is 3. The van der Waals surface area contributed by atoms with E-state index >= 15 is 0 Å². The molecule has 2 aromatic rings. The van der Waals surface area contributed by atoms with Crippen LogP contribution >= 0.6 is 11.3 Å². The Bertz CT molecular complexity index is 721. The van der Waals surface area contributed by atoms with Crippen molar-refractivity contribution in [1.29, 1.82) is 0 Å². The first-order valence-corrected chi connectivity index (χ1v) is 10.1. The highest BCUT2D eigenvalue weighted by atomic mass is 32.1. The van der Waals surface area contributed by atoms with E-state index in [-0.39, 0.29) is 0 Å². The first-order chi connectivity index (χ1) is 11.8. The molecule has 1 aromatic heterocycles. The maximum Gasteiger partial charge on any atom is 0.225 e. The van der Waals surface area contributed by atoms with E-state index in [1.54, 1.807) is 0 Å². The van der Waals surface area contributed by atoms with Gasteiger partial charge in [0.15, 0.2) is 0 Å². The van der Waals surface area contributed by atoms with Crippen molar-refractivity contribution < 1.29 is 4.79 Å². The van der Waals surface area contributed by atoms with Crippen LogP contribution in [0.5, 0.6) is 0 Å². The summed E-state index contributed by atoms with van der Waals surface area (Å²) in [7, 11) is 0. The minimum absolute atomic E-state index is 0.351. The molecule has 0 unspecified atom stereocenters. The predicted octanol–water partition coefficient (Wildman–Crippen LogP) is 4.03. The highest BCUT2D eigenvalue weighted by Crippen LogP contribution is 2.33. The normalized spacial score (nSPS) is 24.5. The van der Waals surface area contributed by atoms with E-state index in [1.165, 1.54) is 15.6 Å². The van der Waals surface area contributed by atoms with Gasteiger partial charge in [-0.3, -0.25) is 4.79 Å². The third-order valence-electron chi connectivity index (χ3n) is 5.61. The number of benzene rings is 1. The Labute approximate surface area is 148 Å². The summed E-state index contributed by atoms with van der Waals surface area (Å²) in [6, 6.07) is 9.17. The smallest absolute Gasteiger partial charge is 0.225 e. The molecule has 0 bridgehead atoms. The summed E-state index contributed by atoms with van der Waals surface area (Å²) in [6.45, 7) is 5.05. The minimum Gasteiger partial charge on any atom is -0.342 e. The summed E-state index contributed by atoms with van der Waals surface area (Å²) in [4.78, 5) is 14.5. The Morgan fingerprint density at radius 2 is 2.12 bits per heavy atom. The third kappa shape index (κ3) is 3.22. The lowest BCUT2D eigenvalue weighted by Crippen LogP contribution is -2.51. The molecule has 4 heteroatoms. The second-order valence-electron chi connectivity index (χ2n) is 7.26. The van der Waals surface area contributed by atoms with Crippen LogP contribution in [0.25, 0.3) is 10.1 Å². The molecule has 1 amide bonds. The van der Waals surface area contributed by atoms with Crippen molar-refractivity contribution in [1.82, 2.24) is 10.2 Å². The van der Waals surface area contributed by atoms with Gasteiger partial charge < -0.3 is 10.2 Å². The highest BCUT2D eigenvalue weighted by molar-refractivity contribution is 7.17. The molecule has 1 aliphatic carbocycles. The molecular formula is C20H26N2OS. The Hall–Kier alpha value is -1.39. The molecule has 1 saturated heterocycles. The van der Waals surface area contributed by atoms with Crippen LogP contribution in [0.1, 0.15) is 38.2 Å². The molecule has 2 heterocycles. The SMILES string of the molecule is CC[C@@H]1CN(C(=O)C2CC2)CC[C@@H]1NCc1csc2ccccc12. The zero-order valence-electron chi connectivity index (χ0n) is 14.3. The Kier molecular flexibility index (Phi) is 4.59. The lowest BCUT2D eigenvalue weighted by atomic mass is 9.89. The number of nitrogens with one attached hydrogen (secondary N) is 1. The Morgan fingerprint density at radius 1 is 1.29 bits per heavy atom. The molecule has 1 N–H and O–H groups in total. The fraction of sp³-hybridized carbons (Fsp3) is 0.550. The van der Waals surface area contributed by atoms with Crippen molar-refractivity contribution in [3.63, 3.8) is 0 Å². The number of thiophene rings is 1. The number of carbonyl (C=O) groups excluding carboxylic acids is 1. The molecule has 1 saturated carbocycles. The standard InChI is InChI=1S/C20H26N2OS/c1-2-14-12-22(20(23)15-7-8-15)10-9-18(14)21-11-16-13-24-19-6-4-3-5-17(16)19/h3-6,13-15,18,21H,2,7-12H2,1H3/t14-,18+/m1/s1. The maximum absolute atomic E-state index is 12.3. The first-order valence-electron chi connectivity index (χ1n) is 9.23. The minimum atomic E-state index is 0.351. The predicted molar refractivity (Wildman–Crippen MR) is 100 cm³/mol. The number of nitrogens with zero attached hydrogens (tertiary/aromatic N) is 1. The van der Waals surface area contributed by atoms with Gasteiger partial charge in [0.1, 0.15) is 0 Å². The van der Waals surface area contributed by atoms with Gasteiger partial charge in [0.05, 0.1) is 0 Å². The van der Waals surface area contributed by atoms with E-state index in [9.17, 15) is 4.79 Å². The Morgan fingerprint density at radius 3 is 2.92 bits per heavy atom. The number of likely N-dealkylation sites (tertiary alicyclic amines) is 1. The second-order valence-corrected chi connectivity index (χ2v) is 8.17. The van der Waals surface area contributed by atoms with Crippen LogP contribution in [0.3, 0.4) is 0 Å². The molecular weight excluding hydrogens is 316 g/mol. The van der Waals surface area contributed by atoms with E-state index in [0.29, 0.717) is 23.8 Å². The van der Waals surface area contributed by atoms with Gasteiger partial charge in [-0.1, -0.05) is 31.5 Å². The number of piperidine rings is 1. The Balaban J connectivity index is 1.38. The zero-order chi connectivity index (χ0) is 16.5. The number of fused-ring (bicyclic) bond motifs is 1. The molecule has 24 heavy (non-hydrogen) atoms. The second kappa shape index (κ2) is 6.85. The third-order valence-corrected chi connectivity index (χ3v) is 6.62. The fourth-order valence-electron chi connectivity index (χ4n) is 3.91. The van der Waals surface area contributed by atoms with Gasteiger partial charge in [0.25, 0.3) is 0 Å². The molecule has 2 fully saturated rings. The van der Waals surface area contributed by atoms with Gasteiger partial charge >= 0.3 is 0 Å². The average molecular weight is 343 g/mol. The fourth-order valence-corrected chi connectivity index (χ4v) is 4.88. The molecule has 128 valence electrons. The first kappa shape index (κ1) is 16.1. The molecule has 1 aromatic carbocycles. The summed E-state index contributed by atoms with van der Waals surface area (Å²) >= 11 is 1.83. The van der Waals surface area contributed by atoms with Gasteiger partial charge in [0, 0.05) is 36.3 Å². The topological polar surface area (TPSA) is 32.3 Å². The van der Waals surface area contributed by atoms with Crippen molar-refractivity contribution in [2.45, 2.75) is 45.2 Å². The molecule has 2 atom stereocenters. The van der Waals surface area contributed by atoms with Crippen molar-refractivity contribution in [2.24, 2.45) is 11.8 Å². The highest BCUT2D eigenvalue weighted by Gasteiger charge is 2.37. The van der Waals surface area contributed by atoms with Crippen LogP contribution in [0.2, 0.25) is 0 Å². The van der Waals surface area contributed by atoms with Crippen LogP contribution < -0.4 is 5.32 Å². The van der Waals surface area contributed by atoms with E-state index in [1.807, 2.05) is 11.3 Å². The molecule has 2 aliphatic rings. The van der Waals surface area contributed by atoms with E-state index in [0.717, 1.165) is 45.3 Å². The monoisotopic (exact) mass is 342 g/mol. The van der Waals surface area contributed by atoms with Gasteiger partial charge in [-0.15, -0.1) is 11.3 Å². The number of amides is 1. The molecule has 4 rings (SSSR count). The van der Waals surface area contributed by atoms with Crippen molar-refractivity contribution >= 4 is 27.3 Å². The lowest BCUT2D eigenvalue weighted by Gasteiger charge is -2.39. The molecule has 0 radical (unpaired) electrons. The number of rotatable bonds is 5. The van der Waals surface area contributed by atoms with Crippen LogP contribution in [-0.2, 0) is 11.3 Å². The van der Waals surface area contributed by atoms with Crippen LogP contribution in [-0.4, -0.2) is 29.9 Å². The van der Waals surface area contributed by atoms with Gasteiger partial charge in [0.2, 0.25) is 5.91 Å². The lowest BCUT2D eigenvalue weighted by molar-refractivity contribution is -0.134. The van der Waals surface area contributed by atoms with Crippen LogP contribution in [0.15, 0.2) is 29.6 Å². The zero-order valence-corrected chi connectivity index (χ0v) is 15.1. The molecule has 3 nitrogen and oxygen atoms in total. The van der Waals surface area contributed by atoms with Gasteiger partial charge in [-0.2, -0.15) is 0 Å². The summed E-state index contributed by atoms with van der Waals surface area (Å²) < 4.78 is 1.37. The van der Waals surface area contributed by atoms with Crippen LogP contribution in [0, 0.1) is 11.8 Å². The maximum atomic E-state index is 12.3. The quantitative estimate of drug-likeness (QED) is 0.890. The summed E-state index contributed by atoms with van der Waals surface area (Å²) in [5.74, 6) is 1.34. The average Bonchev–Trinajstić information content (AvgIpc) is 3.40. The van der Waals surface area contributed by atoms with Crippen molar-refractivity contribution in [3.8, 4) is 0 Å². The van der Waals surface area contributed by atoms with Crippen molar-refractivity contribution in [3.05, 3.63) is 35.2 Å². The van der Waals surface area contributed by atoms with Gasteiger partial charge in [-0.25, -0.2) is 0 Å². The molecule has 0 spiro atoms. The van der Waals surface area contributed by atoms with Crippen LogP contribution in [0.4, 0.5) is 0 Å². The summed E-state index contributed by atoms with van der Waals surface area (Å²) in [6.07, 6.45) is 4.44. The van der Waals surface area contributed by atoms with Crippen molar-refractivity contribution in [2.75, 3.05) is 13.1 Å². The van der Waals surface area contributed by atoms with E-state index in [2.05, 4.69) is 46.8 Å². The van der Waals surface area contributed by atoms with Gasteiger partial charge in [-0.05, 0) is 47.6 Å². The summed E-state index contributed by atoms with van der Waals surface area (Å²) in [5, 5.41) is 7.45. The molecule has 1 aliphatic heterocycles. The van der Waals surface area contributed by atoms with E-state index in [4.69, 9.17) is 0 Å². The van der Waals surface area contributed by atoms with E-state index < -0.39 is 0 Å². The largest absolute Gasteiger partial charge is 0.342 e. The number of carbonyl (C=O) groups is 1.